The van der Waals surface area contributed by atoms with Crippen LogP contribution in [0.4, 0.5) is 0 Å². The Morgan fingerprint density at radius 3 is 2.58 bits per heavy atom. The van der Waals surface area contributed by atoms with Gasteiger partial charge in [0.1, 0.15) is 11.3 Å². The van der Waals surface area contributed by atoms with Crippen LogP contribution in [0, 0.1) is 18.8 Å². The highest BCUT2D eigenvalue weighted by Crippen LogP contribution is 2.31. The van der Waals surface area contributed by atoms with Crippen LogP contribution in [-0.4, -0.2) is 24.5 Å². The zero-order valence-corrected chi connectivity index (χ0v) is 18.4. The summed E-state index contributed by atoms with van der Waals surface area (Å²) < 4.78 is 11.4. The maximum Gasteiger partial charge on any atom is 0.336 e. The molecule has 1 amide bonds. The number of carbonyl (C=O) groups excluding carboxylic acids is 2. The summed E-state index contributed by atoms with van der Waals surface area (Å²) in [7, 11) is 0. The first-order valence-corrected chi connectivity index (χ1v) is 11.0. The van der Waals surface area contributed by atoms with Gasteiger partial charge in [0.15, 0.2) is 6.10 Å². The number of benzene rings is 1. The third-order valence-electron chi connectivity index (χ3n) is 5.97. The fraction of sp³-hybridized carbons (Fsp3) is 0.542. The number of carboxylic acids is 1. The molecule has 2 aromatic rings. The molecule has 1 heterocycles. The summed E-state index contributed by atoms with van der Waals surface area (Å²) in [6, 6.07) is 5.14. The summed E-state index contributed by atoms with van der Waals surface area (Å²) in [5.41, 5.74) is 1.78. The topological polar surface area (TPSA) is 109 Å². The third kappa shape index (κ3) is 5.66. The molecule has 31 heavy (non-hydrogen) atoms. The van der Waals surface area contributed by atoms with Gasteiger partial charge in [0.05, 0.1) is 5.39 Å². The van der Waals surface area contributed by atoms with Gasteiger partial charge >= 0.3 is 5.63 Å². The summed E-state index contributed by atoms with van der Waals surface area (Å²) in [5, 5.41) is 14.6. The molecule has 1 fully saturated rings. The Morgan fingerprint density at radius 1 is 1.23 bits per heavy atom. The molecule has 7 nitrogen and oxygen atoms in total. The zero-order chi connectivity index (χ0) is 22.5. The van der Waals surface area contributed by atoms with Gasteiger partial charge in [-0.15, -0.1) is 0 Å². The second-order valence-corrected chi connectivity index (χ2v) is 8.52. The number of carboxylic acid groups (broad SMARTS) is 1. The maximum atomic E-state index is 12.6. The first-order valence-electron chi connectivity index (χ1n) is 11.0. The number of hydrogen-bond donors (Lipinski definition) is 1. The molecule has 1 aliphatic carbocycles. The smallest absolute Gasteiger partial charge is 0.336 e. The van der Waals surface area contributed by atoms with Crippen molar-refractivity contribution in [3.63, 3.8) is 0 Å². The van der Waals surface area contributed by atoms with Crippen molar-refractivity contribution in [3.8, 4) is 5.75 Å². The van der Waals surface area contributed by atoms with E-state index >= 15 is 0 Å². The molecule has 1 N–H and O–H groups in total. The number of hydrogen-bond acceptors (Lipinski definition) is 6. The number of rotatable bonds is 8. The van der Waals surface area contributed by atoms with Crippen molar-refractivity contribution < 1.29 is 23.8 Å². The number of aryl methyl sites for hydroxylation is 2. The van der Waals surface area contributed by atoms with Crippen LogP contribution < -0.4 is 20.8 Å². The molecule has 0 unspecified atom stereocenters. The molecular formula is C24H30NO6-. The average Bonchev–Trinajstić information content (AvgIpc) is 2.71. The van der Waals surface area contributed by atoms with Crippen molar-refractivity contribution in [1.82, 2.24) is 5.32 Å². The molecular weight excluding hydrogens is 398 g/mol. The molecule has 3 rings (SSSR count). The van der Waals surface area contributed by atoms with E-state index in [2.05, 4.69) is 5.32 Å². The number of ether oxygens (including phenoxy) is 1. The van der Waals surface area contributed by atoms with Gasteiger partial charge in [0, 0.05) is 18.6 Å². The Hall–Kier alpha value is -2.83. The van der Waals surface area contributed by atoms with Crippen molar-refractivity contribution in [2.75, 3.05) is 6.54 Å². The normalized spacial score (nSPS) is 19.7. The predicted octanol–water partition coefficient (Wildman–Crippen LogP) is 2.49. The maximum absolute atomic E-state index is 12.6. The Morgan fingerprint density at radius 2 is 1.94 bits per heavy atom. The summed E-state index contributed by atoms with van der Waals surface area (Å²) in [6.45, 7) is 6.10. The lowest BCUT2D eigenvalue weighted by Gasteiger charge is -2.29. The monoisotopic (exact) mass is 428 g/mol. The van der Waals surface area contributed by atoms with Gasteiger partial charge in [-0.3, -0.25) is 4.79 Å². The van der Waals surface area contributed by atoms with Crippen molar-refractivity contribution in [3.05, 3.63) is 39.7 Å². The molecule has 7 heteroatoms. The molecule has 1 saturated carbocycles. The van der Waals surface area contributed by atoms with E-state index in [1.807, 2.05) is 19.9 Å². The number of carbonyl (C=O) groups is 2. The van der Waals surface area contributed by atoms with Gasteiger partial charge < -0.3 is 24.4 Å². The Balaban J connectivity index is 1.68. The fourth-order valence-corrected chi connectivity index (χ4v) is 4.26. The quantitative estimate of drug-likeness (QED) is 0.647. The van der Waals surface area contributed by atoms with Crippen LogP contribution in [0.5, 0.6) is 5.75 Å². The van der Waals surface area contributed by atoms with Crippen LogP contribution in [0.15, 0.2) is 27.4 Å². The molecule has 0 spiro atoms. The largest absolute Gasteiger partial charge is 0.550 e. The molecule has 0 radical (unpaired) electrons. The van der Waals surface area contributed by atoms with Crippen LogP contribution in [0.25, 0.3) is 11.0 Å². The summed E-state index contributed by atoms with van der Waals surface area (Å²) in [4.78, 5) is 35.5. The second-order valence-electron chi connectivity index (χ2n) is 8.52. The fourth-order valence-electron chi connectivity index (χ4n) is 4.26. The van der Waals surface area contributed by atoms with Crippen LogP contribution in [-0.2, 0) is 16.0 Å². The summed E-state index contributed by atoms with van der Waals surface area (Å²) >= 11 is 0. The van der Waals surface area contributed by atoms with Gasteiger partial charge in [-0.1, -0.05) is 13.3 Å². The molecule has 168 valence electrons. The minimum Gasteiger partial charge on any atom is -0.550 e. The SMILES string of the molecule is CCCc1cc(=O)oc2cc(C)cc(O[C@H](C)C(=O)NCC3CCC(C(=O)[O-])CC3)c12. The van der Waals surface area contributed by atoms with E-state index < -0.39 is 17.7 Å². The number of nitrogens with one attached hydrogen (secondary N) is 1. The minimum absolute atomic E-state index is 0.230. The first kappa shape index (κ1) is 22.8. The van der Waals surface area contributed by atoms with E-state index in [9.17, 15) is 19.5 Å². The predicted molar refractivity (Wildman–Crippen MR) is 115 cm³/mol. The molecule has 0 saturated heterocycles. The molecule has 1 atom stereocenters. The molecule has 1 aromatic heterocycles. The number of aliphatic carboxylic acids is 1. The van der Waals surface area contributed by atoms with Gasteiger partial charge in [0.25, 0.3) is 5.91 Å². The van der Waals surface area contributed by atoms with E-state index in [1.54, 1.807) is 13.0 Å². The van der Waals surface area contributed by atoms with Crippen molar-refractivity contribution in [2.45, 2.75) is 65.4 Å². The summed E-state index contributed by atoms with van der Waals surface area (Å²) in [5.74, 6) is -0.795. The molecule has 1 aliphatic rings. The van der Waals surface area contributed by atoms with E-state index in [0.29, 0.717) is 37.1 Å². The molecule has 0 aliphatic heterocycles. The van der Waals surface area contributed by atoms with Crippen molar-refractivity contribution >= 4 is 22.8 Å². The van der Waals surface area contributed by atoms with Crippen LogP contribution in [0.2, 0.25) is 0 Å². The van der Waals surface area contributed by atoms with Crippen LogP contribution >= 0.6 is 0 Å². The van der Waals surface area contributed by atoms with Gasteiger partial charge in [-0.05, 0) is 81.0 Å². The van der Waals surface area contributed by atoms with Crippen molar-refractivity contribution in [2.24, 2.45) is 11.8 Å². The molecule has 1 aromatic carbocycles. The van der Waals surface area contributed by atoms with Crippen LogP contribution in [0.3, 0.4) is 0 Å². The standard InChI is InChI=1S/C24H31NO6/c1-4-5-18-12-21(26)31-20-11-14(2)10-19(22(18)20)30-15(3)23(27)25-13-16-6-8-17(9-7-16)24(28)29/h10-12,15-17H,4-9,13H2,1-3H3,(H,25,27)(H,28,29)/p-1/t15-,16?,17?/m1/s1. The number of fused-ring (bicyclic) bond motifs is 1. The Labute approximate surface area is 181 Å². The van der Waals surface area contributed by atoms with E-state index in [1.165, 1.54) is 6.07 Å². The summed E-state index contributed by atoms with van der Waals surface area (Å²) in [6.07, 6.45) is 3.54. The molecule has 0 bridgehead atoms. The van der Waals surface area contributed by atoms with Gasteiger partial charge in [-0.25, -0.2) is 4.79 Å². The minimum atomic E-state index is -0.979. The lowest BCUT2D eigenvalue weighted by Crippen LogP contribution is -2.40. The van der Waals surface area contributed by atoms with Gasteiger partial charge in [0.2, 0.25) is 0 Å². The lowest BCUT2D eigenvalue weighted by molar-refractivity contribution is -0.312. The third-order valence-corrected chi connectivity index (χ3v) is 5.97. The van der Waals surface area contributed by atoms with E-state index in [0.717, 1.165) is 35.8 Å². The lowest BCUT2D eigenvalue weighted by atomic mass is 9.82. The van der Waals surface area contributed by atoms with Crippen LogP contribution in [0.1, 0.15) is 57.1 Å². The Kier molecular flexibility index (Phi) is 7.36. The van der Waals surface area contributed by atoms with Gasteiger partial charge in [-0.2, -0.15) is 0 Å². The van der Waals surface area contributed by atoms with E-state index in [-0.39, 0.29) is 17.7 Å². The number of amides is 1. The highest BCUT2D eigenvalue weighted by atomic mass is 16.5. The first-order chi connectivity index (χ1) is 14.8. The highest BCUT2D eigenvalue weighted by Gasteiger charge is 2.24. The Bertz CT molecular complexity index is 1000. The second kappa shape index (κ2) is 9.98. The van der Waals surface area contributed by atoms with Crippen molar-refractivity contribution in [1.29, 1.82) is 0 Å². The zero-order valence-electron chi connectivity index (χ0n) is 18.4. The highest BCUT2D eigenvalue weighted by molar-refractivity contribution is 5.88. The van der Waals surface area contributed by atoms with E-state index in [4.69, 9.17) is 9.15 Å². The average molecular weight is 429 g/mol.